The van der Waals surface area contributed by atoms with Gasteiger partial charge in [0.2, 0.25) is 0 Å². The van der Waals surface area contributed by atoms with Gasteiger partial charge in [-0.3, -0.25) is 0 Å². The van der Waals surface area contributed by atoms with Crippen LogP contribution in [0.2, 0.25) is 0 Å². The lowest BCUT2D eigenvalue weighted by atomic mass is 9.85. The molecule has 1 nitrogen and oxygen atoms in total. The van der Waals surface area contributed by atoms with Crippen LogP contribution in [0.25, 0.3) is 0 Å². The number of benzene rings is 2. The van der Waals surface area contributed by atoms with E-state index in [1.165, 1.54) is 22.3 Å². The molecule has 1 atom stereocenters. The van der Waals surface area contributed by atoms with Crippen LogP contribution in [0, 0.1) is 6.92 Å². The van der Waals surface area contributed by atoms with Crippen LogP contribution in [-0.4, -0.2) is 6.61 Å². The zero-order chi connectivity index (χ0) is 15.2. The summed E-state index contributed by atoms with van der Waals surface area (Å²) in [5.41, 5.74) is 5.18. The number of hydrogen-bond donors (Lipinski definition) is 0. The molecule has 3 rings (SSSR count). The standard InChI is InChI=1S/C18H18Br2O/c1-11-6-13(8-14(19)7-11)17(20)12-4-5-16-15(9-12)18(2,3)10-21-16/h4-9,17H,10H2,1-3H3. The molecule has 0 spiro atoms. The number of ether oxygens (including phenoxy) is 1. The number of rotatable bonds is 2. The van der Waals surface area contributed by atoms with Crippen LogP contribution < -0.4 is 4.74 Å². The molecule has 1 unspecified atom stereocenters. The molecule has 0 aliphatic carbocycles. The highest BCUT2D eigenvalue weighted by Crippen LogP contribution is 2.42. The Morgan fingerprint density at radius 3 is 2.57 bits per heavy atom. The molecule has 1 heterocycles. The van der Waals surface area contributed by atoms with E-state index >= 15 is 0 Å². The summed E-state index contributed by atoms with van der Waals surface area (Å²) < 4.78 is 6.89. The first kappa shape index (κ1) is 15.1. The van der Waals surface area contributed by atoms with Gasteiger partial charge in [-0.15, -0.1) is 0 Å². The van der Waals surface area contributed by atoms with Gasteiger partial charge >= 0.3 is 0 Å². The van der Waals surface area contributed by atoms with E-state index in [1.54, 1.807) is 0 Å². The quantitative estimate of drug-likeness (QED) is 0.560. The molecule has 2 aromatic rings. The van der Waals surface area contributed by atoms with E-state index in [0.29, 0.717) is 0 Å². The summed E-state index contributed by atoms with van der Waals surface area (Å²) in [6.07, 6.45) is 0. The lowest BCUT2D eigenvalue weighted by Gasteiger charge is -2.18. The van der Waals surface area contributed by atoms with E-state index in [4.69, 9.17) is 4.74 Å². The van der Waals surface area contributed by atoms with Crippen LogP contribution in [0.15, 0.2) is 40.9 Å². The van der Waals surface area contributed by atoms with Gasteiger partial charge < -0.3 is 4.74 Å². The fourth-order valence-electron chi connectivity index (χ4n) is 2.80. The lowest BCUT2D eigenvalue weighted by Crippen LogP contribution is -2.18. The molecule has 21 heavy (non-hydrogen) atoms. The Hall–Kier alpha value is -0.800. The van der Waals surface area contributed by atoms with Gasteiger partial charge in [0.1, 0.15) is 5.75 Å². The van der Waals surface area contributed by atoms with Crippen molar-refractivity contribution in [2.24, 2.45) is 0 Å². The van der Waals surface area contributed by atoms with Gasteiger partial charge in [0.15, 0.2) is 0 Å². The fraction of sp³-hybridized carbons (Fsp3) is 0.333. The van der Waals surface area contributed by atoms with Crippen LogP contribution in [0.5, 0.6) is 5.75 Å². The Kier molecular flexibility index (Phi) is 3.91. The molecular formula is C18H18Br2O. The van der Waals surface area contributed by atoms with Gasteiger partial charge in [0.05, 0.1) is 11.4 Å². The Morgan fingerprint density at radius 2 is 1.86 bits per heavy atom. The Morgan fingerprint density at radius 1 is 1.10 bits per heavy atom. The van der Waals surface area contributed by atoms with Crippen molar-refractivity contribution in [1.82, 2.24) is 0 Å². The molecule has 1 aliphatic heterocycles. The minimum absolute atomic E-state index is 0.0885. The number of halogens is 2. The molecular weight excluding hydrogens is 392 g/mol. The third kappa shape index (κ3) is 2.91. The second kappa shape index (κ2) is 5.44. The lowest BCUT2D eigenvalue weighted by molar-refractivity contribution is 0.291. The van der Waals surface area contributed by atoms with Crippen molar-refractivity contribution in [1.29, 1.82) is 0 Å². The zero-order valence-electron chi connectivity index (χ0n) is 12.4. The number of hydrogen-bond acceptors (Lipinski definition) is 1. The normalized spacial score (nSPS) is 17.2. The van der Waals surface area contributed by atoms with Crippen molar-refractivity contribution in [3.8, 4) is 5.75 Å². The van der Waals surface area contributed by atoms with Crippen molar-refractivity contribution >= 4 is 31.9 Å². The molecule has 0 N–H and O–H groups in total. The Labute approximate surface area is 143 Å². The number of alkyl halides is 1. The summed E-state index contributed by atoms with van der Waals surface area (Å²) in [5, 5.41) is 0. The van der Waals surface area contributed by atoms with Crippen LogP contribution in [-0.2, 0) is 5.41 Å². The molecule has 0 saturated heterocycles. The van der Waals surface area contributed by atoms with Gasteiger partial charge in [0, 0.05) is 15.5 Å². The molecule has 3 heteroatoms. The van der Waals surface area contributed by atoms with E-state index < -0.39 is 0 Å². The average molecular weight is 410 g/mol. The maximum Gasteiger partial charge on any atom is 0.123 e. The monoisotopic (exact) mass is 408 g/mol. The minimum Gasteiger partial charge on any atom is -0.492 e. The SMILES string of the molecule is Cc1cc(Br)cc(C(Br)c2ccc3c(c2)C(C)(C)CO3)c1. The number of fused-ring (bicyclic) bond motifs is 1. The molecule has 0 fully saturated rings. The summed E-state index contributed by atoms with van der Waals surface area (Å²) >= 11 is 7.43. The molecule has 2 aromatic carbocycles. The average Bonchev–Trinajstić information content (AvgIpc) is 2.72. The minimum atomic E-state index is 0.0885. The van der Waals surface area contributed by atoms with Crippen molar-refractivity contribution in [2.75, 3.05) is 6.61 Å². The third-order valence-corrected chi connectivity index (χ3v) is 5.49. The summed E-state index contributed by atoms with van der Waals surface area (Å²) in [7, 11) is 0. The number of aryl methyl sites for hydroxylation is 1. The van der Waals surface area contributed by atoms with E-state index in [2.05, 4.69) is 89.0 Å². The van der Waals surface area contributed by atoms with Gasteiger partial charge in [-0.05, 0) is 47.9 Å². The Bertz CT molecular complexity index is 671. The summed E-state index contributed by atoms with van der Waals surface area (Å²) in [6, 6.07) is 13.0. The van der Waals surface area contributed by atoms with Crippen molar-refractivity contribution in [3.05, 3.63) is 63.1 Å². The van der Waals surface area contributed by atoms with Crippen molar-refractivity contribution < 1.29 is 4.74 Å². The molecule has 1 aliphatic rings. The third-order valence-electron chi connectivity index (χ3n) is 3.97. The zero-order valence-corrected chi connectivity index (χ0v) is 15.6. The van der Waals surface area contributed by atoms with Gasteiger partial charge in [-0.2, -0.15) is 0 Å². The molecule has 110 valence electrons. The van der Waals surface area contributed by atoms with Crippen LogP contribution in [0.4, 0.5) is 0 Å². The first-order chi connectivity index (χ1) is 9.87. The Balaban J connectivity index is 2.01. The summed E-state index contributed by atoms with van der Waals surface area (Å²) in [5.74, 6) is 1.02. The molecule has 0 radical (unpaired) electrons. The predicted molar refractivity (Wildman–Crippen MR) is 94.6 cm³/mol. The highest BCUT2D eigenvalue weighted by molar-refractivity contribution is 9.10. The van der Waals surface area contributed by atoms with Gasteiger partial charge in [-0.25, -0.2) is 0 Å². The van der Waals surface area contributed by atoms with E-state index in [9.17, 15) is 0 Å². The van der Waals surface area contributed by atoms with Crippen LogP contribution in [0.3, 0.4) is 0 Å². The second-order valence-electron chi connectivity index (χ2n) is 6.35. The predicted octanol–water partition coefficient (Wildman–Crippen LogP) is 5.91. The van der Waals surface area contributed by atoms with Crippen LogP contribution >= 0.6 is 31.9 Å². The van der Waals surface area contributed by atoms with E-state index in [1.807, 2.05) is 0 Å². The molecule has 0 aromatic heterocycles. The maximum absolute atomic E-state index is 5.77. The van der Waals surface area contributed by atoms with Gasteiger partial charge in [0.25, 0.3) is 0 Å². The smallest absolute Gasteiger partial charge is 0.123 e. The molecule has 0 amide bonds. The maximum atomic E-state index is 5.77. The first-order valence-electron chi connectivity index (χ1n) is 7.05. The van der Waals surface area contributed by atoms with E-state index in [-0.39, 0.29) is 10.2 Å². The fourth-order valence-corrected chi connectivity index (χ4v) is 3.97. The highest BCUT2D eigenvalue weighted by Gasteiger charge is 2.32. The molecule has 0 saturated carbocycles. The van der Waals surface area contributed by atoms with Gasteiger partial charge in [-0.1, -0.05) is 57.8 Å². The summed E-state index contributed by atoms with van der Waals surface area (Å²) in [4.78, 5) is 0.190. The second-order valence-corrected chi connectivity index (χ2v) is 8.18. The largest absolute Gasteiger partial charge is 0.492 e. The topological polar surface area (TPSA) is 9.23 Å². The highest BCUT2D eigenvalue weighted by atomic mass is 79.9. The van der Waals surface area contributed by atoms with E-state index in [0.717, 1.165) is 16.8 Å². The van der Waals surface area contributed by atoms with Crippen molar-refractivity contribution in [3.63, 3.8) is 0 Å². The first-order valence-corrected chi connectivity index (χ1v) is 8.76. The van der Waals surface area contributed by atoms with Crippen LogP contribution in [0.1, 0.15) is 40.9 Å². The molecule has 0 bridgehead atoms. The summed E-state index contributed by atoms with van der Waals surface area (Å²) in [6.45, 7) is 7.34. The van der Waals surface area contributed by atoms with Crippen molar-refractivity contribution in [2.45, 2.75) is 31.0 Å².